The maximum atomic E-state index is 4.65. The highest BCUT2D eigenvalue weighted by Gasteiger charge is 2.06. The van der Waals surface area contributed by atoms with E-state index in [4.69, 9.17) is 0 Å². The number of aliphatic imine (C=N–C) groups is 1. The highest BCUT2D eigenvalue weighted by molar-refractivity contribution is 5.76. The molecule has 0 N–H and O–H groups in total. The summed E-state index contributed by atoms with van der Waals surface area (Å²) in [4.78, 5) is 9.26. The number of para-hydroxylation sites is 1. The molecule has 0 saturated heterocycles. The smallest absolute Gasteiger partial charge is 0.0830 e. The lowest BCUT2D eigenvalue weighted by molar-refractivity contribution is 0.948. The Bertz CT molecular complexity index is 699. The number of benzene rings is 2. The summed E-state index contributed by atoms with van der Waals surface area (Å²) in [5.41, 5.74) is 2.13. The molecule has 18 heavy (non-hydrogen) atoms. The Hall–Kier alpha value is -2.22. The molecule has 1 aliphatic rings. The number of fused-ring (bicyclic) bond motifs is 1. The summed E-state index contributed by atoms with van der Waals surface area (Å²) >= 11 is 0. The number of hydrogen-bond acceptors (Lipinski definition) is 2. The standard InChI is InChI=1S/C16H14N2/c1-12-11-17-16(13-7-3-2-4-8-13)14-9-5-6-10-15(14)18-12/h2-12H,1H3. The lowest BCUT2D eigenvalue weighted by Gasteiger charge is -2.01. The van der Waals surface area contributed by atoms with Gasteiger partial charge in [0.1, 0.15) is 0 Å². The minimum atomic E-state index is 0.118. The summed E-state index contributed by atoms with van der Waals surface area (Å²) in [7, 11) is 0. The molecule has 0 amide bonds. The first kappa shape index (κ1) is 10.9. The van der Waals surface area contributed by atoms with Crippen molar-refractivity contribution in [1.29, 1.82) is 0 Å². The Morgan fingerprint density at radius 3 is 2.44 bits per heavy atom. The third-order valence-corrected chi connectivity index (χ3v) is 2.97. The van der Waals surface area contributed by atoms with Crippen molar-refractivity contribution in [3.05, 3.63) is 70.7 Å². The van der Waals surface area contributed by atoms with Crippen LogP contribution in [0.3, 0.4) is 0 Å². The predicted octanol–water partition coefficient (Wildman–Crippen LogP) is 1.94. The molecule has 0 radical (unpaired) electrons. The monoisotopic (exact) mass is 234 g/mol. The number of nitrogens with zero attached hydrogens (tertiary/aromatic N) is 2. The Morgan fingerprint density at radius 2 is 1.61 bits per heavy atom. The van der Waals surface area contributed by atoms with Crippen LogP contribution in [0.1, 0.15) is 12.5 Å². The van der Waals surface area contributed by atoms with Gasteiger partial charge >= 0.3 is 0 Å². The van der Waals surface area contributed by atoms with Crippen LogP contribution in [-0.2, 0) is 0 Å². The molecule has 0 spiro atoms. The van der Waals surface area contributed by atoms with Crippen molar-refractivity contribution < 1.29 is 0 Å². The van der Waals surface area contributed by atoms with E-state index < -0.39 is 0 Å². The van der Waals surface area contributed by atoms with E-state index >= 15 is 0 Å². The Labute approximate surface area is 106 Å². The fourth-order valence-corrected chi connectivity index (χ4v) is 2.12. The van der Waals surface area contributed by atoms with Crippen molar-refractivity contribution in [1.82, 2.24) is 0 Å². The SMILES string of the molecule is CC1C=NC(c2ccccc2)=c2ccccc2=N1. The first-order valence-corrected chi connectivity index (χ1v) is 6.11. The highest BCUT2D eigenvalue weighted by atomic mass is 14.8. The molecule has 1 unspecified atom stereocenters. The molecule has 1 aliphatic heterocycles. The van der Waals surface area contributed by atoms with Gasteiger partial charge in [0.2, 0.25) is 0 Å². The van der Waals surface area contributed by atoms with Gasteiger partial charge in [-0.2, -0.15) is 0 Å². The summed E-state index contributed by atoms with van der Waals surface area (Å²) in [6.45, 7) is 2.05. The maximum Gasteiger partial charge on any atom is 0.0830 e. The molecule has 2 aromatic carbocycles. The van der Waals surface area contributed by atoms with Crippen LogP contribution in [0.2, 0.25) is 0 Å². The van der Waals surface area contributed by atoms with Crippen LogP contribution < -0.4 is 10.6 Å². The van der Waals surface area contributed by atoms with Gasteiger partial charge in [-0.1, -0.05) is 48.5 Å². The number of hydrogen-bond donors (Lipinski definition) is 0. The van der Waals surface area contributed by atoms with E-state index in [-0.39, 0.29) is 6.04 Å². The second kappa shape index (κ2) is 4.57. The topological polar surface area (TPSA) is 24.7 Å². The fraction of sp³-hybridized carbons (Fsp3) is 0.125. The molecule has 0 saturated carbocycles. The molecule has 1 atom stereocenters. The molecule has 0 aliphatic carbocycles. The zero-order valence-corrected chi connectivity index (χ0v) is 10.2. The molecule has 0 bridgehead atoms. The lowest BCUT2D eigenvalue weighted by atomic mass is 10.1. The van der Waals surface area contributed by atoms with E-state index in [1.807, 2.05) is 49.5 Å². The van der Waals surface area contributed by atoms with Crippen molar-refractivity contribution in [3.8, 4) is 0 Å². The molecule has 0 aromatic heterocycles. The van der Waals surface area contributed by atoms with Crippen molar-refractivity contribution in [2.24, 2.45) is 9.98 Å². The van der Waals surface area contributed by atoms with Crippen LogP contribution in [0, 0.1) is 0 Å². The highest BCUT2D eigenvalue weighted by Crippen LogP contribution is 2.12. The Morgan fingerprint density at radius 1 is 0.889 bits per heavy atom. The fourth-order valence-electron chi connectivity index (χ4n) is 2.12. The largest absolute Gasteiger partial charge is 0.276 e. The van der Waals surface area contributed by atoms with Gasteiger partial charge in [-0.05, 0) is 13.0 Å². The molecule has 2 aromatic rings. The van der Waals surface area contributed by atoms with Crippen molar-refractivity contribution in [2.75, 3.05) is 0 Å². The van der Waals surface area contributed by atoms with E-state index in [0.717, 1.165) is 21.8 Å². The van der Waals surface area contributed by atoms with E-state index in [0.29, 0.717) is 0 Å². The Kier molecular flexibility index (Phi) is 2.77. The van der Waals surface area contributed by atoms with Crippen molar-refractivity contribution in [3.63, 3.8) is 0 Å². The van der Waals surface area contributed by atoms with Crippen molar-refractivity contribution >= 4 is 11.9 Å². The predicted molar refractivity (Wildman–Crippen MR) is 74.1 cm³/mol. The average molecular weight is 234 g/mol. The molecule has 2 nitrogen and oxygen atoms in total. The summed E-state index contributed by atoms with van der Waals surface area (Å²) in [6, 6.07) is 18.5. The third kappa shape index (κ3) is 1.97. The average Bonchev–Trinajstić information content (AvgIpc) is 2.58. The van der Waals surface area contributed by atoms with E-state index in [2.05, 4.69) is 28.2 Å². The second-order valence-electron chi connectivity index (χ2n) is 4.38. The summed E-state index contributed by atoms with van der Waals surface area (Å²) in [5, 5.41) is 2.12. The van der Waals surface area contributed by atoms with Gasteiger partial charge in [0.15, 0.2) is 0 Å². The van der Waals surface area contributed by atoms with Gasteiger partial charge in [0.25, 0.3) is 0 Å². The van der Waals surface area contributed by atoms with Crippen LogP contribution >= 0.6 is 0 Å². The Balaban J connectivity index is 2.37. The van der Waals surface area contributed by atoms with Crippen LogP contribution in [0.15, 0.2) is 64.6 Å². The molecule has 1 heterocycles. The summed E-state index contributed by atoms with van der Waals surface area (Å²) in [5.74, 6) is 0. The first-order chi connectivity index (χ1) is 8.84. The van der Waals surface area contributed by atoms with Gasteiger partial charge in [0, 0.05) is 17.0 Å². The zero-order chi connectivity index (χ0) is 12.4. The van der Waals surface area contributed by atoms with Gasteiger partial charge in [-0.25, -0.2) is 0 Å². The normalized spacial score (nSPS) is 17.8. The van der Waals surface area contributed by atoms with Gasteiger partial charge < -0.3 is 0 Å². The second-order valence-corrected chi connectivity index (χ2v) is 4.38. The van der Waals surface area contributed by atoms with Crippen molar-refractivity contribution in [2.45, 2.75) is 13.0 Å². The summed E-state index contributed by atoms with van der Waals surface area (Å²) in [6.07, 6.45) is 1.91. The summed E-state index contributed by atoms with van der Waals surface area (Å²) < 4.78 is 0. The molecular weight excluding hydrogens is 220 g/mol. The first-order valence-electron chi connectivity index (χ1n) is 6.11. The van der Waals surface area contributed by atoms with Crippen LogP contribution in [0.5, 0.6) is 0 Å². The van der Waals surface area contributed by atoms with Gasteiger partial charge in [-0.3, -0.25) is 9.98 Å². The minimum absolute atomic E-state index is 0.118. The van der Waals surface area contributed by atoms with Gasteiger partial charge in [-0.15, -0.1) is 0 Å². The number of rotatable bonds is 1. The van der Waals surface area contributed by atoms with Crippen LogP contribution in [0.4, 0.5) is 0 Å². The molecule has 2 heteroatoms. The molecule has 3 rings (SSSR count). The quantitative estimate of drug-likeness (QED) is 0.720. The zero-order valence-electron chi connectivity index (χ0n) is 10.2. The van der Waals surface area contributed by atoms with Crippen LogP contribution in [0.25, 0.3) is 5.70 Å². The van der Waals surface area contributed by atoms with Crippen LogP contribution in [-0.4, -0.2) is 12.3 Å². The lowest BCUT2D eigenvalue weighted by Crippen LogP contribution is -2.27. The molecule has 88 valence electrons. The van der Waals surface area contributed by atoms with E-state index in [1.54, 1.807) is 0 Å². The molecular formula is C16H14N2. The third-order valence-electron chi connectivity index (χ3n) is 2.97. The minimum Gasteiger partial charge on any atom is -0.276 e. The molecule has 0 fully saturated rings. The van der Waals surface area contributed by atoms with E-state index in [1.165, 1.54) is 0 Å². The van der Waals surface area contributed by atoms with E-state index in [9.17, 15) is 0 Å². The maximum absolute atomic E-state index is 4.65. The van der Waals surface area contributed by atoms with Gasteiger partial charge in [0.05, 0.1) is 17.1 Å².